The predicted molar refractivity (Wildman–Crippen MR) is 85.2 cm³/mol. The Morgan fingerprint density at radius 3 is 3.14 bits per heavy atom. The topological polar surface area (TPSA) is 68.5 Å². The summed E-state index contributed by atoms with van der Waals surface area (Å²) in [6, 6.07) is 7.07. The monoisotopic (exact) mass is 299 g/mol. The van der Waals surface area contributed by atoms with Gasteiger partial charge in [-0.05, 0) is 30.7 Å². The number of aromatic nitrogens is 1. The van der Waals surface area contributed by atoms with Crippen molar-refractivity contribution < 1.29 is 9.66 Å². The minimum atomic E-state index is -0.322. The van der Waals surface area contributed by atoms with E-state index in [2.05, 4.69) is 11.6 Å². The third-order valence-electron chi connectivity index (χ3n) is 3.85. The molecular formula is C16H17N3O3. The van der Waals surface area contributed by atoms with Crippen LogP contribution in [0.2, 0.25) is 0 Å². The van der Waals surface area contributed by atoms with Gasteiger partial charge >= 0.3 is 5.69 Å². The quantitative estimate of drug-likeness (QED) is 0.482. The molecule has 0 bridgehead atoms. The first-order valence-corrected chi connectivity index (χ1v) is 7.20. The Balaban J connectivity index is 1.95. The number of hydrogen-bond acceptors (Lipinski definition) is 5. The van der Waals surface area contributed by atoms with Crippen LogP contribution in [0.3, 0.4) is 0 Å². The number of hydrogen-bond donors (Lipinski definition) is 0. The highest BCUT2D eigenvalue weighted by Gasteiger charge is 2.29. The molecule has 1 fully saturated rings. The third kappa shape index (κ3) is 2.65. The van der Waals surface area contributed by atoms with Crippen LogP contribution in [-0.4, -0.2) is 35.7 Å². The van der Waals surface area contributed by atoms with Crippen LogP contribution in [0.5, 0.6) is 0 Å². The van der Waals surface area contributed by atoms with Gasteiger partial charge in [-0.2, -0.15) is 0 Å². The van der Waals surface area contributed by atoms with E-state index in [-0.39, 0.29) is 16.7 Å². The molecule has 1 aliphatic heterocycles. The molecule has 1 aliphatic rings. The number of ether oxygens (including phenoxy) is 1. The first kappa shape index (κ1) is 14.5. The summed E-state index contributed by atoms with van der Waals surface area (Å²) in [7, 11) is 0. The fourth-order valence-corrected chi connectivity index (χ4v) is 2.86. The zero-order valence-electron chi connectivity index (χ0n) is 12.1. The van der Waals surface area contributed by atoms with Crippen molar-refractivity contribution in [3.05, 3.63) is 53.2 Å². The fourth-order valence-electron chi connectivity index (χ4n) is 2.86. The van der Waals surface area contributed by atoms with Gasteiger partial charge in [0.1, 0.15) is 5.69 Å². The first-order chi connectivity index (χ1) is 10.7. The normalized spacial score (nSPS) is 17.8. The van der Waals surface area contributed by atoms with E-state index in [4.69, 9.17) is 4.74 Å². The van der Waals surface area contributed by atoms with Gasteiger partial charge in [-0.1, -0.05) is 6.08 Å². The van der Waals surface area contributed by atoms with Crippen LogP contribution in [-0.2, 0) is 4.74 Å². The van der Waals surface area contributed by atoms with Crippen LogP contribution in [0.25, 0.3) is 10.9 Å². The molecule has 1 aromatic carbocycles. The maximum Gasteiger partial charge on any atom is 0.301 e. The van der Waals surface area contributed by atoms with Crippen molar-refractivity contribution in [3.63, 3.8) is 0 Å². The molecule has 2 heterocycles. The van der Waals surface area contributed by atoms with Gasteiger partial charge in [-0.3, -0.25) is 15.1 Å². The van der Waals surface area contributed by atoms with Gasteiger partial charge in [0, 0.05) is 19.3 Å². The van der Waals surface area contributed by atoms with Crippen molar-refractivity contribution >= 4 is 22.3 Å². The molecule has 6 nitrogen and oxygen atoms in total. The van der Waals surface area contributed by atoms with Crippen LogP contribution >= 0.6 is 0 Å². The van der Waals surface area contributed by atoms with Gasteiger partial charge in [-0.25, -0.2) is 0 Å². The van der Waals surface area contributed by atoms with Gasteiger partial charge in [0.2, 0.25) is 0 Å². The molecule has 114 valence electrons. The minimum Gasteiger partial charge on any atom is -0.372 e. The lowest BCUT2D eigenvalue weighted by atomic mass is 10.1. The lowest BCUT2D eigenvalue weighted by Crippen LogP contribution is -2.23. The summed E-state index contributed by atoms with van der Waals surface area (Å²) in [6.07, 6.45) is 4.30. The standard InChI is InChI=1S/C16H17N3O3/c1-2-10-22-12-7-9-18(11-12)15-6-5-14-13(4-3-8-17-14)16(15)19(20)21/h2-6,8,12H,1,7,9-11H2. The highest BCUT2D eigenvalue weighted by molar-refractivity contribution is 5.94. The highest BCUT2D eigenvalue weighted by Crippen LogP contribution is 2.36. The maximum absolute atomic E-state index is 11.6. The van der Waals surface area contributed by atoms with E-state index >= 15 is 0 Å². The van der Waals surface area contributed by atoms with Gasteiger partial charge in [-0.15, -0.1) is 6.58 Å². The van der Waals surface area contributed by atoms with Crippen molar-refractivity contribution in [1.82, 2.24) is 4.98 Å². The molecule has 2 aromatic rings. The highest BCUT2D eigenvalue weighted by atomic mass is 16.6. The minimum absolute atomic E-state index is 0.0854. The van der Waals surface area contributed by atoms with Crippen LogP contribution in [0.1, 0.15) is 6.42 Å². The molecule has 0 N–H and O–H groups in total. The second-order valence-corrected chi connectivity index (χ2v) is 5.24. The summed E-state index contributed by atoms with van der Waals surface area (Å²) in [5.74, 6) is 0. The molecule has 0 amide bonds. The van der Waals surface area contributed by atoms with E-state index in [0.29, 0.717) is 29.7 Å². The van der Waals surface area contributed by atoms with Crippen molar-refractivity contribution in [1.29, 1.82) is 0 Å². The first-order valence-electron chi connectivity index (χ1n) is 7.20. The average Bonchev–Trinajstić information content (AvgIpc) is 3.00. The molecule has 0 saturated carbocycles. The molecule has 6 heteroatoms. The Bertz CT molecular complexity index is 717. The van der Waals surface area contributed by atoms with Gasteiger partial charge in [0.15, 0.2) is 0 Å². The number of benzene rings is 1. The maximum atomic E-state index is 11.6. The summed E-state index contributed by atoms with van der Waals surface area (Å²) in [5, 5.41) is 12.1. The van der Waals surface area contributed by atoms with Crippen LogP contribution < -0.4 is 4.90 Å². The fraction of sp³-hybridized carbons (Fsp3) is 0.312. The van der Waals surface area contributed by atoms with E-state index in [1.54, 1.807) is 30.5 Å². The summed E-state index contributed by atoms with van der Waals surface area (Å²) in [4.78, 5) is 17.4. The largest absolute Gasteiger partial charge is 0.372 e. The van der Waals surface area contributed by atoms with Crippen molar-refractivity contribution in [2.45, 2.75) is 12.5 Å². The van der Waals surface area contributed by atoms with Gasteiger partial charge in [0.25, 0.3) is 0 Å². The number of rotatable bonds is 5. The molecule has 0 aliphatic carbocycles. The lowest BCUT2D eigenvalue weighted by molar-refractivity contribution is -0.382. The molecule has 22 heavy (non-hydrogen) atoms. The smallest absolute Gasteiger partial charge is 0.301 e. The second-order valence-electron chi connectivity index (χ2n) is 5.24. The van der Waals surface area contributed by atoms with E-state index in [0.717, 1.165) is 13.0 Å². The SMILES string of the molecule is C=CCOC1CCN(c2ccc3ncccc3c2[N+](=O)[O-])C1. The van der Waals surface area contributed by atoms with E-state index in [1.165, 1.54) is 0 Å². The molecule has 3 rings (SSSR count). The van der Waals surface area contributed by atoms with Crippen molar-refractivity contribution in [2.24, 2.45) is 0 Å². The molecule has 1 unspecified atom stereocenters. The van der Waals surface area contributed by atoms with E-state index in [9.17, 15) is 10.1 Å². The van der Waals surface area contributed by atoms with Crippen molar-refractivity contribution in [2.75, 3.05) is 24.6 Å². The summed E-state index contributed by atoms with van der Waals surface area (Å²) < 4.78 is 5.65. The summed E-state index contributed by atoms with van der Waals surface area (Å²) >= 11 is 0. The Kier molecular flexibility index (Phi) is 4.02. The average molecular weight is 299 g/mol. The molecule has 1 saturated heterocycles. The van der Waals surface area contributed by atoms with E-state index < -0.39 is 0 Å². The zero-order chi connectivity index (χ0) is 15.5. The van der Waals surface area contributed by atoms with Crippen LogP contribution in [0, 0.1) is 10.1 Å². The molecule has 0 spiro atoms. The van der Waals surface area contributed by atoms with E-state index in [1.807, 2.05) is 11.0 Å². The van der Waals surface area contributed by atoms with Gasteiger partial charge < -0.3 is 9.64 Å². The Labute approximate surface area is 128 Å². The predicted octanol–water partition coefficient (Wildman–Crippen LogP) is 2.92. The number of fused-ring (bicyclic) bond motifs is 1. The number of pyridine rings is 1. The number of nitrogens with zero attached hydrogens (tertiary/aromatic N) is 3. The summed E-state index contributed by atoms with van der Waals surface area (Å²) in [6.45, 7) is 5.54. The Morgan fingerprint density at radius 2 is 2.36 bits per heavy atom. The molecular weight excluding hydrogens is 282 g/mol. The van der Waals surface area contributed by atoms with Crippen molar-refractivity contribution in [3.8, 4) is 0 Å². The number of anilines is 1. The molecule has 0 radical (unpaired) electrons. The molecule has 1 aromatic heterocycles. The lowest BCUT2D eigenvalue weighted by Gasteiger charge is -2.19. The second kappa shape index (κ2) is 6.11. The number of nitro benzene ring substituents is 1. The van der Waals surface area contributed by atoms with Crippen LogP contribution in [0.15, 0.2) is 43.1 Å². The molecule has 1 atom stereocenters. The third-order valence-corrected chi connectivity index (χ3v) is 3.85. The zero-order valence-corrected chi connectivity index (χ0v) is 12.1. The Hall–Kier alpha value is -2.47. The Morgan fingerprint density at radius 1 is 1.50 bits per heavy atom. The number of nitro groups is 1. The van der Waals surface area contributed by atoms with Gasteiger partial charge in [0.05, 0.1) is 28.5 Å². The summed E-state index contributed by atoms with van der Waals surface area (Å²) in [5.41, 5.74) is 1.39. The van der Waals surface area contributed by atoms with Crippen LogP contribution in [0.4, 0.5) is 11.4 Å².